The van der Waals surface area contributed by atoms with Crippen molar-refractivity contribution in [3.8, 4) is 11.1 Å². The standard InChI is InChI=1S/C19H13NO4S/c21-19(22)15-8-4-5-9-17(15)25-18-11-10-14(12-16(18)20(23)24)13-6-2-1-3-7-13/h1-12H,(H,21,22). The van der Waals surface area contributed by atoms with E-state index in [9.17, 15) is 20.0 Å². The number of nitro benzene ring substituents is 1. The molecule has 0 heterocycles. The molecule has 0 saturated carbocycles. The highest BCUT2D eigenvalue weighted by molar-refractivity contribution is 7.99. The van der Waals surface area contributed by atoms with Crippen molar-refractivity contribution in [2.24, 2.45) is 0 Å². The Labute approximate surface area is 148 Å². The molecule has 0 spiro atoms. The van der Waals surface area contributed by atoms with E-state index in [4.69, 9.17) is 0 Å². The molecule has 0 radical (unpaired) electrons. The quantitative estimate of drug-likeness (QED) is 0.510. The van der Waals surface area contributed by atoms with Gasteiger partial charge in [-0.3, -0.25) is 10.1 Å². The van der Waals surface area contributed by atoms with Gasteiger partial charge in [0.25, 0.3) is 5.69 Å². The number of aromatic carboxylic acids is 1. The number of benzene rings is 3. The zero-order chi connectivity index (χ0) is 17.8. The minimum Gasteiger partial charge on any atom is -0.478 e. The van der Waals surface area contributed by atoms with Crippen molar-refractivity contribution < 1.29 is 14.8 Å². The summed E-state index contributed by atoms with van der Waals surface area (Å²) in [5.41, 5.74) is 1.69. The Morgan fingerprint density at radius 3 is 2.24 bits per heavy atom. The van der Waals surface area contributed by atoms with E-state index in [-0.39, 0.29) is 11.3 Å². The SMILES string of the molecule is O=C(O)c1ccccc1Sc1ccc(-c2ccccc2)cc1[N+](=O)[O-]. The molecule has 0 aliphatic carbocycles. The summed E-state index contributed by atoms with van der Waals surface area (Å²) in [5, 5.41) is 20.8. The molecule has 0 amide bonds. The second kappa shape index (κ2) is 7.19. The van der Waals surface area contributed by atoms with Gasteiger partial charge >= 0.3 is 5.97 Å². The third-order valence-corrected chi connectivity index (χ3v) is 4.74. The lowest BCUT2D eigenvalue weighted by molar-refractivity contribution is -0.387. The number of carboxylic acids is 1. The van der Waals surface area contributed by atoms with Crippen LogP contribution in [0.4, 0.5) is 5.69 Å². The zero-order valence-electron chi connectivity index (χ0n) is 13.0. The van der Waals surface area contributed by atoms with Gasteiger partial charge in [0, 0.05) is 11.0 Å². The van der Waals surface area contributed by atoms with Crippen LogP contribution in [0.5, 0.6) is 0 Å². The van der Waals surface area contributed by atoms with Crippen LogP contribution in [0.1, 0.15) is 10.4 Å². The predicted octanol–water partition coefficient (Wildman–Crippen LogP) is 5.11. The average molecular weight is 351 g/mol. The number of nitrogens with zero attached hydrogens (tertiary/aromatic N) is 1. The first-order valence-electron chi connectivity index (χ1n) is 7.40. The van der Waals surface area contributed by atoms with Crippen molar-refractivity contribution in [2.75, 3.05) is 0 Å². The van der Waals surface area contributed by atoms with E-state index in [1.54, 1.807) is 30.3 Å². The van der Waals surface area contributed by atoms with Gasteiger partial charge in [-0.1, -0.05) is 60.3 Å². The van der Waals surface area contributed by atoms with Crippen LogP contribution in [0.2, 0.25) is 0 Å². The molecule has 0 aromatic heterocycles. The molecular formula is C19H13NO4S. The fourth-order valence-corrected chi connectivity index (χ4v) is 3.43. The number of nitro groups is 1. The molecule has 6 heteroatoms. The fraction of sp³-hybridized carbons (Fsp3) is 0. The van der Waals surface area contributed by atoms with E-state index < -0.39 is 10.9 Å². The highest BCUT2D eigenvalue weighted by atomic mass is 32.2. The lowest BCUT2D eigenvalue weighted by Gasteiger charge is -2.08. The topological polar surface area (TPSA) is 80.4 Å². The van der Waals surface area contributed by atoms with E-state index >= 15 is 0 Å². The lowest BCUT2D eigenvalue weighted by Crippen LogP contribution is -1.98. The number of carboxylic acid groups (broad SMARTS) is 1. The Kier molecular flexibility index (Phi) is 4.81. The Bertz CT molecular complexity index is 941. The summed E-state index contributed by atoms with van der Waals surface area (Å²) in [6.45, 7) is 0. The molecule has 0 fully saturated rings. The van der Waals surface area contributed by atoms with Gasteiger partial charge in [-0.25, -0.2) is 4.79 Å². The molecule has 0 unspecified atom stereocenters. The van der Waals surface area contributed by atoms with Crippen molar-refractivity contribution in [3.63, 3.8) is 0 Å². The van der Waals surface area contributed by atoms with Gasteiger partial charge in [-0.2, -0.15) is 0 Å². The molecule has 124 valence electrons. The number of carbonyl (C=O) groups is 1. The first kappa shape index (κ1) is 16.7. The molecule has 25 heavy (non-hydrogen) atoms. The van der Waals surface area contributed by atoms with Gasteiger partial charge < -0.3 is 5.11 Å². The Morgan fingerprint density at radius 1 is 0.880 bits per heavy atom. The van der Waals surface area contributed by atoms with Crippen LogP contribution in [0, 0.1) is 10.1 Å². The predicted molar refractivity (Wildman–Crippen MR) is 96.1 cm³/mol. The first-order valence-corrected chi connectivity index (χ1v) is 8.22. The minimum absolute atomic E-state index is 0.0495. The van der Waals surface area contributed by atoms with Gasteiger partial charge in [-0.05, 0) is 29.3 Å². The van der Waals surface area contributed by atoms with E-state index in [0.29, 0.717) is 9.79 Å². The second-order valence-corrected chi connectivity index (χ2v) is 6.29. The van der Waals surface area contributed by atoms with Crippen molar-refractivity contribution in [3.05, 3.63) is 88.5 Å². The summed E-state index contributed by atoms with van der Waals surface area (Å²) in [5.74, 6) is -1.06. The molecule has 0 aliphatic rings. The van der Waals surface area contributed by atoms with Crippen LogP contribution in [-0.4, -0.2) is 16.0 Å². The summed E-state index contributed by atoms with van der Waals surface area (Å²) in [6.07, 6.45) is 0. The molecule has 3 rings (SSSR count). The third-order valence-electron chi connectivity index (χ3n) is 3.60. The summed E-state index contributed by atoms with van der Waals surface area (Å²) in [6, 6.07) is 20.8. The van der Waals surface area contributed by atoms with Crippen molar-refractivity contribution in [1.82, 2.24) is 0 Å². The average Bonchev–Trinajstić information content (AvgIpc) is 2.63. The van der Waals surface area contributed by atoms with E-state index in [2.05, 4.69) is 0 Å². The van der Waals surface area contributed by atoms with Crippen LogP contribution in [0.25, 0.3) is 11.1 Å². The smallest absolute Gasteiger partial charge is 0.336 e. The summed E-state index contributed by atoms with van der Waals surface area (Å²) in [7, 11) is 0. The van der Waals surface area contributed by atoms with Crippen LogP contribution in [0.3, 0.4) is 0 Å². The molecule has 3 aromatic carbocycles. The Balaban J connectivity index is 2.03. The number of hydrogen-bond acceptors (Lipinski definition) is 4. The van der Waals surface area contributed by atoms with E-state index in [1.807, 2.05) is 30.3 Å². The molecule has 5 nitrogen and oxygen atoms in total. The molecule has 0 atom stereocenters. The Morgan fingerprint density at radius 2 is 1.56 bits per heavy atom. The fourth-order valence-electron chi connectivity index (χ4n) is 2.41. The maximum Gasteiger partial charge on any atom is 0.336 e. The molecule has 3 aromatic rings. The number of hydrogen-bond donors (Lipinski definition) is 1. The van der Waals surface area contributed by atoms with Crippen LogP contribution in [-0.2, 0) is 0 Å². The minimum atomic E-state index is -1.06. The highest BCUT2D eigenvalue weighted by Crippen LogP contribution is 2.38. The van der Waals surface area contributed by atoms with E-state index in [0.717, 1.165) is 22.9 Å². The summed E-state index contributed by atoms with van der Waals surface area (Å²) < 4.78 is 0. The summed E-state index contributed by atoms with van der Waals surface area (Å²) >= 11 is 1.08. The third kappa shape index (κ3) is 3.70. The van der Waals surface area contributed by atoms with Crippen molar-refractivity contribution >= 4 is 23.4 Å². The lowest BCUT2D eigenvalue weighted by atomic mass is 10.1. The molecule has 0 aliphatic heterocycles. The molecule has 1 N–H and O–H groups in total. The number of rotatable bonds is 5. The van der Waals surface area contributed by atoms with Gasteiger partial charge in [0.15, 0.2) is 0 Å². The zero-order valence-corrected chi connectivity index (χ0v) is 13.8. The summed E-state index contributed by atoms with van der Waals surface area (Å²) in [4.78, 5) is 23.2. The van der Waals surface area contributed by atoms with Crippen LogP contribution in [0.15, 0.2) is 82.6 Å². The van der Waals surface area contributed by atoms with Crippen LogP contribution >= 0.6 is 11.8 Å². The van der Waals surface area contributed by atoms with Gasteiger partial charge in [0.2, 0.25) is 0 Å². The van der Waals surface area contributed by atoms with Crippen molar-refractivity contribution in [2.45, 2.75) is 9.79 Å². The highest BCUT2D eigenvalue weighted by Gasteiger charge is 2.19. The Hall–Kier alpha value is -3.12. The maximum absolute atomic E-state index is 11.5. The van der Waals surface area contributed by atoms with E-state index in [1.165, 1.54) is 12.1 Å². The second-order valence-electron chi connectivity index (χ2n) is 5.21. The van der Waals surface area contributed by atoms with Gasteiger partial charge in [0.05, 0.1) is 15.4 Å². The van der Waals surface area contributed by atoms with Gasteiger partial charge in [-0.15, -0.1) is 0 Å². The van der Waals surface area contributed by atoms with Crippen LogP contribution < -0.4 is 0 Å². The molecular weight excluding hydrogens is 338 g/mol. The monoisotopic (exact) mass is 351 g/mol. The maximum atomic E-state index is 11.5. The normalized spacial score (nSPS) is 10.4. The van der Waals surface area contributed by atoms with Crippen molar-refractivity contribution in [1.29, 1.82) is 0 Å². The molecule has 0 saturated heterocycles. The first-order chi connectivity index (χ1) is 12.1. The van der Waals surface area contributed by atoms with Gasteiger partial charge in [0.1, 0.15) is 0 Å². The largest absolute Gasteiger partial charge is 0.478 e. The molecule has 0 bridgehead atoms.